The predicted molar refractivity (Wildman–Crippen MR) is 126 cm³/mol. The SMILES string of the molecule is CCNC(=NCCc1c(C)nn(C)c1C)NC(C)c1ccc(Cl)cc1Cl.I. The van der Waals surface area contributed by atoms with Crippen LogP contribution in [0.4, 0.5) is 0 Å². The van der Waals surface area contributed by atoms with E-state index in [0.717, 1.165) is 30.2 Å². The number of benzene rings is 1. The van der Waals surface area contributed by atoms with E-state index < -0.39 is 0 Å². The summed E-state index contributed by atoms with van der Waals surface area (Å²) in [6.45, 7) is 9.71. The highest BCUT2D eigenvalue weighted by atomic mass is 127. The van der Waals surface area contributed by atoms with Crippen LogP contribution >= 0.6 is 47.2 Å². The third-order valence-corrected chi connectivity index (χ3v) is 4.98. The molecule has 0 aliphatic rings. The number of aromatic nitrogens is 2. The molecule has 0 aliphatic carbocycles. The molecule has 0 aliphatic heterocycles. The third-order valence-electron chi connectivity index (χ3n) is 4.42. The van der Waals surface area contributed by atoms with Crippen LogP contribution in [0.25, 0.3) is 0 Å². The van der Waals surface area contributed by atoms with E-state index in [1.54, 1.807) is 6.07 Å². The summed E-state index contributed by atoms with van der Waals surface area (Å²) in [6, 6.07) is 5.56. The predicted octanol–water partition coefficient (Wildman–Crippen LogP) is 4.82. The minimum atomic E-state index is 0. The van der Waals surface area contributed by atoms with E-state index in [1.165, 1.54) is 11.3 Å². The van der Waals surface area contributed by atoms with E-state index in [0.29, 0.717) is 16.6 Å². The monoisotopic (exact) mass is 523 g/mol. The highest BCUT2D eigenvalue weighted by molar-refractivity contribution is 14.0. The largest absolute Gasteiger partial charge is 0.357 e. The van der Waals surface area contributed by atoms with Crippen molar-refractivity contribution in [3.63, 3.8) is 0 Å². The van der Waals surface area contributed by atoms with Gasteiger partial charge in [0, 0.05) is 35.9 Å². The second-order valence-electron chi connectivity index (χ2n) is 6.32. The summed E-state index contributed by atoms with van der Waals surface area (Å²) in [5.74, 6) is 0.769. The quantitative estimate of drug-likeness (QED) is 0.324. The molecule has 2 aromatic rings. The molecule has 27 heavy (non-hydrogen) atoms. The number of hydrogen-bond acceptors (Lipinski definition) is 2. The van der Waals surface area contributed by atoms with Gasteiger partial charge >= 0.3 is 0 Å². The van der Waals surface area contributed by atoms with Crippen LogP contribution in [0.1, 0.15) is 42.4 Å². The topological polar surface area (TPSA) is 54.2 Å². The van der Waals surface area contributed by atoms with Gasteiger partial charge in [0.2, 0.25) is 0 Å². The summed E-state index contributed by atoms with van der Waals surface area (Å²) >= 11 is 12.3. The molecule has 2 N–H and O–H groups in total. The average Bonchev–Trinajstić information content (AvgIpc) is 2.80. The molecule has 0 spiro atoms. The first-order valence-corrected chi connectivity index (χ1v) is 9.58. The van der Waals surface area contributed by atoms with Crippen molar-refractivity contribution in [2.24, 2.45) is 12.0 Å². The molecule has 1 aromatic heterocycles. The van der Waals surface area contributed by atoms with Gasteiger partial charge in [0.1, 0.15) is 0 Å². The minimum Gasteiger partial charge on any atom is -0.357 e. The van der Waals surface area contributed by atoms with Crippen molar-refractivity contribution in [3.05, 3.63) is 50.8 Å². The molecule has 0 amide bonds. The van der Waals surface area contributed by atoms with Crippen LogP contribution < -0.4 is 10.6 Å². The molecular formula is C19H28Cl2IN5. The molecule has 0 radical (unpaired) electrons. The smallest absolute Gasteiger partial charge is 0.191 e. The molecule has 1 atom stereocenters. The van der Waals surface area contributed by atoms with Gasteiger partial charge < -0.3 is 10.6 Å². The van der Waals surface area contributed by atoms with Gasteiger partial charge in [0.05, 0.1) is 11.7 Å². The Morgan fingerprint density at radius 1 is 1.30 bits per heavy atom. The molecule has 1 aromatic carbocycles. The molecule has 2 rings (SSSR count). The van der Waals surface area contributed by atoms with Crippen LogP contribution in [0, 0.1) is 13.8 Å². The zero-order valence-electron chi connectivity index (χ0n) is 16.4. The second-order valence-corrected chi connectivity index (χ2v) is 7.16. The van der Waals surface area contributed by atoms with Crippen LogP contribution in [0.15, 0.2) is 23.2 Å². The van der Waals surface area contributed by atoms with Crippen molar-refractivity contribution in [1.82, 2.24) is 20.4 Å². The molecule has 150 valence electrons. The Morgan fingerprint density at radius 3 is 2.56 bits per heavy atom. The summed E-state index contributed by atoms with van der Waals surface area (Å²) in [4.78, 5) is 4.70. The maximum Gasteiger partial charge on any atom is 0.191 e. The number of rotatable bonds is 6. The lowest BCUT2D eigenvalue weighted by Gasteiger charge is -2.19. The highest BCUT2D eigenvalue weighted by Crippen LogP contribution is 2.26. The van der Waals surface area contributed by atoms with Crippen LogP contribution in [0.5, 0.6) is 0 Å². The number of aliphatic imine (C=N–C) groups is 1. The summed E-state index contributed by atoms with van der Waals surface area (Å²) < 4.78 is 1.92. The number of aryl methyl sites for hydroxylation is 2. The lowest BCUT2D eigenvalue weighted by atomic mass is 10.1. The fourth-order valence-corrected chi connectivity index (χ4v) is 3.49. The molecule has 1 heterocycles. The van der Waals surface area contributed by atoms with Gasteiger partial charge in [-0.1, -0.05) is 29.3 Å². The van der Waals surface area contributed by atoms with Crippen molar-refractivity contribution in [2.45, 2.75) is 40.2 Å². The molecule has 0 fully saturated rings. The Balaban J connectivity index is 0.00000364. The molecule has 5 nitrogen and oxygen atoms in total. The van der Waals surface area contributed by atoms with Crippen LogP contribution in [0.2, 0.25) is 10.0 Å². The second kappa shape index (κ2) is 11.1. The first-order chi connectivity index (χ1) is 12.3. The lowest BCUT2D eigenvalue weighted by molar-refractivity contribution is 0.686. The molecule has 8 heteroatoms. The first-order valence-electron chi connectivity index (χ1n) is 8.82. The van der Waals surface area contributed by atoms with Gasteiger partial charge in [-0.2, -0.15) is 5.10 Å². The highest BCUT2D eigenvalue weighted by Gasteiger charge is 2.12. The number of guanidine groups is 1. The van der Waals surface area contributed by atoms with Crippen molar-refractivity contribution in [1.29, 1.82) is 0 Å². The Kier molecular flexibility index (Phi) is 9.90. The maximum absolute atomic E-state index is 6.31. The van der Waals surface area contributed by atoms with Crippen molar-refractivity contribution >= 4 is 53.1 Å². The summed E-state index contributed by atoms with van der Waals surface area (Å²) in [6.07, 6.45) is 0.859. The third kappa shape index (κ3) is 6.54. The summed E-state index contributed by atoms with van der Waals surface area (Å²) in [7, 11) is 1.97. The Hall–Kier alpha value is -0.990. The minimum absolute atomic E-state index is 0. The molecule has 0 saturated heterocycles. The normalized spacial score (nSPS) is 12.5. The molecule has 0 saturated carbocycles. The Bertz CT molecular complexity index is 789. The number of nitrogens with one attached hydrogen (secondary N) is 2. The van der Waals surface area contributed by atoms with Crippen molar-refractivity contribution in [2.75, 3.05) is 13.1 Å². The molecule has 0 bridgehead atoms. The summed E-state index contributed by atoms with van der Waals surface area (Å²) in [5, 5.41) is 12.4. The average molecular weight is 524 g/mol. The van der Waals surface area contributed by atoms with Gasteiger partial charge in [-0.05, 0) is 57.4 Å². The number of nitrogens with zero attached hydrogens (tertiary/aromatic N) is 3. The van der Waals surface area contributed by atoms with E-state index in [-0.39, 0.29) is 30.0 Å². The zero-order chi connectivity index (χ0) is 19.3. The maximum atomic E-state index is 6.31. The van der Waals surface area contributed by atoms with E-state index >= 15 is 0 Å². The van der Waals surface area contributed by atoms with Gasteiger partial charge in [0.15, 0.2) is 5.96 Å². The van der Waals surface area contributed by atoms with Gasteiger partial charge in [-0.3, -0.25) is 9.67 Å². The standard InChI is InChI=1S/C19H27Cl2N5.HI/c1-6-22-19(23-10-9-16-13(3)25-26(5)14(16)4)24-12(2)17-8-7-15(20)11-18(17)21;/h7-8,11-12H,6,9-10H2,1-5H3,(H2,22,23,24);1H. The fraction of sp³-hybridized carbons (Fsp3) is 0.474. The van der Waals surface area contributed by atoms with Crippen molar-refractivity contribution < 1.29 is 0 Å². The van der Waals surface area contributed by atoms with Gasteiger partial charge in [-0.15, -0.1) is 24.0 Å². The molecular weight excluding hydrogens is 496 g/mol. The first kappa shape index (κ1) is 24.0. The lowest BCUT2D eigenvalue weighted by Crippen LogP contribution is -2.39. The van der Waals surface area contributed by atoms with Crippen molar-refractivity contribution in [3.8, 4) is 0 Å². The number of hydrogen-bond donors (Lipinski definition) is 2. The van der Waals surface area contributed by atoms with E-state index in [1.807, 2.05) is 37.7 Å². The van der Waals surface area contributed by atoms with Crippen LogP contribution in [-0.4, -0.2) is 28.8 Å². The summed E-state index contributed by atoms with van der Waals surface area (Å²) in [5.41, 5.74) is 4.51. The molecule has 1 unspecified atom stereocenters. The van der Waals surface area contributed by atoms with Gasteiger partial charge in [0.25, 0.3) is 0 Å². The van der Waals surface area contributed by atoms with E-state index in [2.05, 4.69) is 29.6 Å². The van der Waals surface area contributed by atoms with Gasteiger partial charge in [-0.25, -0.2) is 0 Å². The van der Waals surface area contributed by atoms with Crippen LogP contribution in [0.3, 0.4) is 0 Å². The van der Waals surface area contributed by atoms with E-state index in [9.17, 15) is 0 Å². The van der Waals surface area contributed by atoms with E-state index in [4.69, 9.17) is 28.2 Å². The Labute approximate surface area is 188 Å². The zero-order valence-corrected chi connectivity index (χ0v) is 20.3. The Morgan fingerprint density at radius 2 is 2.00 bits per heavy atom. The fourth-order valence-electron chi connectivity index (χ4n) is 2.91. The number of halogens is 3. The van der Waals surface area contributed by atoms with Crippen LogP contribution in [-0.2, 0) is 13.5 Å².